The second-order valence-corrected chi connectivity index (χ2v) is 6.67. The molecule has 2 aliphatic heterocycles. The summed E-state index contributed by atoms with van der Waals surface area (Å²) in [4.78, 5) is 2.53. The minimum atomic E-state index is 0.0279. The summed E-state index contributed by atoms with van der Waals surface area (Å²) in [6.45, 7) is 8.34. The summed E-state index contributed by atoms with van der Waals surface area (Å²) < 4.78 is 11.9. The van der Waals surface area contributed by atoms with Gasteiger partial charge in [-0.15, -0.1) is 6.58 Å². The van der Waals surface area contributed by atoms with Gasteiger partial charge in [0.1, 0.15) is 0 Å². The fourth-order valence-corrected chi connectivity index (χ4v) is 4.02. The molecule has 1 aromatic heterocycles. The van der Waals surface area contributed by atoms with Gasteiger partial charge in [-0.05, 0) is 41.8 Å². The zero-order valence-corrected chi connectivity index (χ0v) is 12.7. The van der Waals surface area contributed by atoms with Crippen molar-refractivity contribution in [3.63, 3.8) is 0 Å². The quantitative estimate of drug-likeness (QED) is 0.779. The highest BCUT2D eigenvalue weighted by Gasteiger charge is 2.43. The number of rotatable bonds is 5. The fraction of sp³-hybridized carbons (Fsp3) is 0.625. The Labute approximate surface area is 125 Å². The highest BCUT2D eigenvalue weighted by molar-refractivity contribution is 7.07. The van der Waals surface area contributed by atoms with Crippen LogP contribution in [-0.2, 0) is 16.0 Å². The first-order chi connectivity index (χ1) is 9.80. The average Bonchev–Trinajstić information content (AvgIpc) is 3.07. The molecule has 4 heteroatoms. The molecule has 20 heavy (non-hydrogen) atoms. The minimum Gasteiger partial charge on any atom is -0.372 e. The van der Waals surface area contributed by atoms with Crippen molar-refractivity contribution in [1.29, 1.82) is 0 Å². The van der Waals surface area contributed by atoms with Crippen LogP contribution < -0.4 is 0 Å². The third kappa shape index (κ3) is 3.31. The molecule has 2 fully saturated rings. The van der Waals surface area contributed by atoms with E-state index >= 15 is 0 Å². The van der Waals surface area contributed by atoms with Crippen molar-refractivity contribution in [3.8, 4) is 0 Å². The lowest BCUT2D eigenvalue weighted by molar-refractivity contribution is -0.0544. The monoisotopic (exact) mass is 293 g/mol. The van der Waals surface area contributed by atoms with E-state index in [0.29, 0.717) is 6.61 Å². The maximum Gasteiger partial charge on any atom is 0.0841 e. The topological polar surface area (TPSA) is 21.7 Å². The van der Waals surface area contributed by atoms with E-state index < -0.39 is 0 Å². The number of hydrogen-bond acceptors (Lipinski definition) is 4. The van der Waals surface area contributed by atoms with Gasteiger partial charge in [-0.3, -0.25) is 4.90 Å². The van der Waals surface area contributed by atoms with Gasteiger partial charge in [0.05, 0.1) is 24.9 Å². The van der Waals surface area contributed by atoms with E-state index in [4.69, 9.17) is 9.47 Å². The predicted molar refractivity (Wildman–Crippen MR) is 82.1 cm³/mol. The first-order valence-corrected chi connectivity index (χ1v) is 8.34. The molecule has 110 valence electrons. The summed E-state index contributed by atoms with van der Waals surface area (Å²) in [5.41, 5.74) is 1.45. The molecule has 2 saturated heterocycles. The van der Waals surface area contributed by atoms with Crippen LogP contribution in [0, 0.1) is 0 Å². The molecule has 0 amide bonds. The Morgan fingerprint density at radius 2 is 2.55 bits per heavy atom. The van der Waals surface area contributed by atoms with Crippen LogP contribution in [0.25, 0.3) is 0 Å². The van der Waals surface area contributed by atoms with Gasteiger partial charge >= 0.3 is 0 Å². The largest absolute Gasteiger partial charge is 0.372 e. The lowest BCUT2D eigenvalue weighted by Gasteiger charge is -2.39. The molecule has 1 aromatic rings. The highest BCUT2D eigenvalue weighted by Crippen LogP contribution is 2.36. The Morgan fingerprint density at radius 3 is 3.35 bits per heavy atom. The Bertz CT molecular complexity index is 434. The Morgan fingerprint density at radius 1 is 1.60 bits per heavy atom. The third-order valence-electron chi connectivity index (χ3n) is 4.23. The molecule has 0 radical (unpaired) electrons. The second kappa shape index (κ2) is 6.39. The van der Waals surface area contributed by atoms with Crippen LogP contribution in [-0.4, -0.2) is 42.9 Å². The molecule has 3 heterocycles. The Hall–Kier alpha value is -0.680. The van der Waals surface area contributed by atoms with Crippen LogP contribution in [0.4, 0.5) is 0 Å². The predicted octanol–water partition coefficient (Wildman–Crippen LogP) is 3.07. The van der Waals surface area contributed by atoms with Crippen LogP contribution >= 0.6 is 11.3 Å². The number of hydrogen-bond donors (Lipinski definition) is 0. The lowest BCUT2D eigenvalue weighted by Crippen LogP contribution is -2.47. The Kier molecular flexibility index (Phi) is 4.56. The molecule has 0 aromatic carbocycles. The van der Waals surface area contributed by atoms with E-state index in [2.05, 4.69) is 28.3 Å². The zero-order chi connectivity index (χ0) is 13.8. The molecule has 1 spiro atoms. The van der Waals surface area contributed by atoms with Gasteiger partial charge in [-0.1, -0.05) is 6.08 Å². The van der Waals surface area contributed by atoms with Gasteiger partial charge < -0.3 is 9.47 Å². The van der Waals surface area contributed by atoms with Gasteiger partial charge in [-0.25, -0.2) is 0 Å². The summed E-state index contributed by atoms with van der Waals surface area (Å²) in [5, 5.41) is 4.40. The van der Waals surface area contributed by atoms with E-state index in [9.17, 15) is 0 Å². The first kappa shape index (κ1) is 14.3. The average molecular weight is 293 g/mol. The third-order valence-corrected chi connectivity index (χ3v) is 4.96. The summed E-state index contributed by atoms with van der Waals surface area (Å²) in [5.74, 6) is 0. The Balaban J connectivity index is 1.56. The van der Waals surface area contributed by atoms with Gasteiger partial charge in [0.25, 0.3) is 0 Å². The molecule has 2 aliphatic rings. The van der Waals surface area contributed by atoms with Crippen molar-refractivity contribution in [2.75, 3.05) is 26.3 Å². The number of nitrogens with zero attached hydrogens (tertiary/aromatic N) is 1. The van der Waals surface area contributed by atoms with Crippen molar-refractivity contribution >= 4 is 11.3 Å². The van der Waals surface area contributed by atoms with Crippen molar-refractivity contribution in [2.45, 2.75) is 37.5 Å². The minimum absolute atomic E-state index is 0.0279. The molecule has 2 atom stereocenters. The molecule has 0 saturated carbocycles. The van der Waals surface area contributed by atoms with E-state index in [-0.39, 0.29) is 11.7 Å². The van der Waals surface area contributed by atoms with Crippen LogP contribution in [0.2, 0.25) is 0 Å². The summed E-state index contributed by atoms with van der Waals surface area (Å²) in [7, 11) is 0. The zero-order valence-electron chi connectivity index (χ0n) is 11.9. The van der Waals surface area contributed by atoms with Crippen molar-refractivity contribution in [3.05, 3.63) is 35.0 Å². The van der Waals surface area contributed by atoms with E-state index in [1.807, 2.05) is 6.08 Å². The first-order valence-electron chi connectivity index (χ1n) is 7.40. The van der Waals surface area contributed by atoms with Gasteiger partial charge in [0.15, 0.2) is 0 Å². The normalized spacial score (nSPS) is 30.9. The van der Waals surface area contributed by atoms with Crippen LogP contribution in [0.3, 0.4) is 0 Å². The van der Waals surface area contributed by atoms with Gasteiger partial charge in [0.2, 0.25) is 0 Å². The standard InChI is InChI=1S/C16H23NO2S/c1-2-7-18-15-9-16(19-11-15)5-3-6-17(13-16)10-14-4-8-20-12-14/h2,4,8,12,15H,1,3,5-7,9-11,13H2/t15-,16-/m0/s1. The maximum absolute atomic E-state index is 6.14. The van der Waals surface area contributed by atoms with Crippen LogP contribution in [0.5, 0.6) is 0 Å². The smallest absolute Gasteiger partial charge is 0.0841 e. The molecule has 0 aliphatic carbocycles. The van der Waals surface area contributed by atoms with E-state index in [0.717, 1.165) is 26.1 Å². The van der Waals surface area contributed by atoms with Crippen molar-refractivity contribution < 1.29 is 9.47 Å². The number of thiophene rings is 1. The molecule has 3 nitrogen and oxygen atoms in total. The van der Waals surface area contributed by atoms with Crippen LogP contribution in [0.1, 0.15) is 24.8 Å². The van der Waals surface area contributed by atoms with E-state index in [1.54, 1.807) is 11.3 Å². The number of ether oxygens (including phenoxy) is 2. The lowest BCUT2D eigenvalue weighted by atomic mass is 9.89. The SMILES string of the molecule is C=CCO[C@@H]1CO[C@@]2(CCCN(Cc3ccsc3)C2)C1. The summed E-state index contributed by atoms with van der Waals surface area (Å²) in [6.07, 6.45) is 5.48. The maximum atomic E-state index is 6.14. The summed E-state index contributed by atoms with van der Waals surface area (Å²) >= 11 is 1.77. The molecule has 3 rings (SSSR count). The molecular formula is C16H23NO2S. The molecule has 0 unspecified atom stereocenters. The highest BCUT2D eigenvalue weighted by atomic mass is 32.1. The van der Waals surface area contributed by atoms with Crippen LogP contribution in [0.15, 0.2) is 29.5 Å². The molecular weight excluding hydrogens is 270 g/mol. The van der Waals surface area contributed by atoms with Gasteiger partial charge in [-0.2, -0.15) is 11.3 Å². The molecule has 0 N–H and O–H groups in total. The van der Waals surface area contributed by atoms with Crippen molar-refractivity contribution in [2.24, 2.45) is 0 Å². The molecule has 0 bridgehead atoms. The van der Waals surface area contributed by atoms with Gasteiger partial charge in [0, 0.05) is 19.5 Å². The number of piperidine rings is 1. The fourth-order valence-electron chi connectivity index (χ4n) is 3.36. The second-order valence-electron chi connectivity index (χ2n) is 5.89. The van der Waals surface area contributed by atoms with Crippen molar-refractivity contribution in [1.82, 2.24) is 4.90 Å². The summed E-state index contributed by atoms with van der Waals surface area (Å²) in [6, 6.07) is 2.22. The van der Waals surface area contributed by atoms with E-state index in [1.165, 1.54) is 24.9 Å². The number of likely N-dealkylation sites (tertiary alicyclic amines) is 1.